The molecule has 4 fully saturated rings. The number of nitrogens with one attached hydrogen (secondary N) is 2. The molecule has 2 aromatic carbocycles. The summed E-state index contributed by atoms with van der Waals surface area (Å²) in [6.45, 7) is 5.16. The highest BCUT2D eigenvalue weighted by Gasteiger charge is 2.38. The Balaban J connectivity index is 0.838. The maximum absolute atomic E-state index is 13.7. The van der Waals surface area contributed by atoms with E-state index >= 15 is 0 Å². The molecule has 8 rings (SSSR count). The van der Waals surface area contributed by atoms with Crippen LogP contribution >= 0.6 is 0 Å². The highest BCUT2D eigenvalue weighted by atomic mass is 32.2. The van der Waals surface area contributed by atoms with Gasteiger partial charge in [-0.15, -0.1) is 0 Å². The van der Waals surface area contributed by atoms with E-state index in [-0.39, 0.29) is 30.1 Å². The van der Waals surface area contributed by atoms with Crippen LogP contribution in [0.5, 0.6) is 0 Å². The molecule has 2 N–H and O–H groups in total. The van der Waals surface area contributed by atoms with Crippen LogP contribution in [0.3, 0.4) is 0 Å². The van der Waals surface area contributed by atoms with Crippen LogP contribution in [-0.2, 0) is 35.5 Å². The molecule has 4 aliphatic heterocycles. The molecule has 0 saturated carbocycles. The van der Waals surface area contributed by atoms with Crippen molar-refractivity contribution in [2.75, 3.05) is 60.9 Å². The predicted octanol–water partition coefficient (Wildman–Crippen LogP) is 5.41. The van der Waals surface area contributed by atoms with Gasteiger partial charge in [-0.3, -0.25) is 24.6 Å². The second-order valence-electron chi connectivity index (χ2n) is 14.9. The van der Waals surface area contributed by atoms with Crippen molar-refractivity contribution in [1.82, 2.24) is 34.3 Å². The first-order chi connectivity index (χ1) is 26.5. The SMILES string of the molecule is Cn1nc(N2CCC(=O)NC2=O)c2ccc(C3CCN(Cc4cccc(S(=O)N5CCC(Nc6ncc(C(F)(F)F)c(N7CCCC7)n6)CC5)c4)CC3)cc21. The Hall–Kier alpha value is -4.61. The van der Waals surface area contributed by atoms with Crippen molar-refractivity contribution in [2.45, 2.75) is 74.5 Å². The Morgan fingerprint density at radius 3 is 2.42 bits per heavy atom. The van der Waals surface area contributed by atoms with Crippen LogP contribution in [0, 0.1) is 0 Å². The van der Waals surface area contributed by atoms with Crippen LogP contribution in [0.1, 0.15) is 67.6 Å². The smallest absolute Gasteiger partial charge is 0.356 e. The van der Waals surface area contributed by atoms with Gasteiger partial charge in [0.05, 0.1) is 10.4 Å². The summed E-state index contributed by atoms with van der Waals surface area (Å²) >= 11 is 0. The summed E-state index contributed by atoms with van der Waals surface area (Å²) in [5.74, 6) is 0.815. The monoisotopic (exact) mass is 778 g/mol. The van der Waals surface area contributed by atoms with Crippen LogP contribution in [0.25, 0.3) is 10.9 Å². The number of halogens is 3. The van der Waals surface area contributed by atoms with Gasteiger partial charge < -0.3 is 10.2 Å². The number of aromatic nitrogens is 4. The van der Waals surface area contributed by atoms with E-state index in [1.165, 1.54) is 10.5 Å². The van der Waals surface area contributed by atoms with Gasteiger partial charge in [-0.05, 0) is 92.9 Å². The number of benzene rings is 2. The van der Waals surface area contributed by atoms with Gasteiger partial charge in [-0.25, -0.2) is 18.3 Å². The fraction of sp³-hybridized carbons (Fsp3) is 0.500. The van der Waals surface area contributed by atoms with E-state index in [2.05, 4.69) is 48.8 Å². The number of piperidine rings is 2. The number of imide groups is 1. The average Bonchev–Trinajstić information content (AvgIpc) is 3.83. The van der Waals surface area contributed by atoms with Crippen LogP contribution in [0.15, 0.2) is 53.6 Å². The second-order valence-corrected chi connectivity index (χ2v) is 16.4. The molecule has 1 unspecified atom stereocenters. The van der Waals surface area contributed by atoms with E-state index in [1.54, 1.807) is 9.58 Å². The molecule has 13 nitrogen and oxygen atoms in total. The van der Waals surface area contributed by atoms with E-state index in [1.807, 2.05) is 35.6 Å². The largest absolute Gasteiger partial charge is 0.421 e. The Labute approximate surface area is 319 Å². The number of carbonyl (C=O) groups is 2. The van der Waals surface area contributed by atoms with Gasteiger partial charge in [0, 0.05) is 70.4 Å². The van der Waals surface area contributed by atoms with E-state index in [4.69, 9.17) is 0 Å². The number of carbonyl (C=O) groups excluding carboxylic acids is 2. The van der Waals surface area contributed by atoms with E-state index < -0.39 is 28.8 Å². The number of hydrogen-bond acceptors (Lipinski definition) is 9. The van der Waals surface area contributed by atoms with Crippen molar-refractivity contribution in [2.24, 2.45) is 7.05 Å². The lowest BCUT2D eigenvalue weighted by atomic mass is 9.89. The number of hydrogen-bond donors (Lipinski definition) is 2. The average molecular weight is 779 g/mol. The number of urea groups is 1. The van der Waals surface area contributed by atoms with Gasteiger partial charge >= 0.3 is 12.2 Å². The fourth-order valence-corrected chi connectivity index (χ4v) is 9.51. The van der Waals surface area contributed by atoms with Gasteiger partial charge in [-0.1, -0.05) is 18.2 Å². The lowest BCUT2D eigenvalue weighted by Gasteiger charge is -2.33. The maximum atomic E-state index is 13.7. The Morgan fingerprint density at radius 2 is 1.69 bits per heavy atom. The number of anilines is 3. The number of alkyl halides is 3. The van der Waals surface area contributed by atoms with Crippen molar-refractivity contribution < 1.29 is 27.0 Å². The van der Waals surface area contributed by atoms with Crippen LogP contribution in [-0.4, -0.2) is 97.0 Å². The van der Waals surface area contributed by atoms with Gasteiger partial charge in [-0.2, -0.15) is 23.3 Å². The summed E-state index contributed by atoms with van der Waals surface area (Å²) in [6.07, 6.45) is 1.60. The molecule has 17 heteroatoms. The molecule has 55 heavy (non-hydrogen) atoms. The van der Waals surface area contributed by atoms with Crippen LogP contribution < -0.4 is 20.4 Å². The molecule has 0 bridgehead atoms. The van der Waals surface area contributed by atoms with Gasteiger partial charge in [0.15, 0.2) is 5.82 Å². The van der Waals surface area contributed by atoms with Crippen molar-refractivity contribution >= 4 is 51.4 Å². The van der Waals surface area contributed by atoms with Crippen molar-refractivity contribution in [3.05, 3.63) is 65.4 Å². The Morgan fingerprint density at radius 1 is 0.927 bits per heavy atom. The van der Waals surface area contributed by atoms with Crippen molar-refractivity contribution in [3.8, 4) is 0 Å². The minimum Gasteiger partial charge on any atom is -0.356 e. The van der Waals surface area contributed by atoms with Crippen LogP contribution in [0.2, 0.25) is 0 Å². The summed E-state index contributed by atoms with van der Waals surface area (Å²) in [5.41, 5.74) is 2.50. The zero-order chi connectivity index (χ0) is 38.3. The van der Waals surface area contributed by atoms with Crippen molar-refractivity contribution in [3.63, 3.8) is 0 Å². The van der Waals surface area contributed by atoms with Gasteiger partial charge in [0.25, 0.3) is 0 Å². The first-order valence-corrected chi connectivity index (χ1v) is 20.1. The number of fused-ring (bicyclic) bond motifs is 1. The molecular formula is C38H45F3N10O3S. The third kappa shape index (κ3) is 8.05. The van der Waals surface area contributed by atoms with Crippen molar-refractivity contribution in [1.29, 1.82) is 0 Å². The normalized spacial score (nSPS) is 20.4. The second kappa shape index (κ2) is 15.5. The zero-order valence-electron chi connectivity index (χ0n) is 30.7. The first kappa shape index (κ1) is 37.3. The summed E-state index contributed by atoms with van der Waals surface area (Å²) in [7, 11) is 0.535. The third-order valence-electron chi connectivity index (χ3n) is 11.2. The molecule has 4 saturated heterocycles. The molecule has 292 valence electrons. The highest BCUT2D eigenvalue weighted by molar-refractivity contribution is 7.82. The summed E-state index contributed by atoms with van der Waals surface area (Å²) in [6, 6.07) is 13.8. The topological polar surface area (TPSA) is 132 Å². The van der Waals surface area contributed by atoms with E-state index in [9.17, 15) is 27.0 Å². The maximum Gasteiger partial charge on any atom is 0.421 e. The lowest BCUT2D eigenvalue weighted by molar-refractivity contribution is -0.137. The molecule has 4 aliphatic rings. The zero-order valence-corrected chi connectivity index (χ0v) is 31.5. The quantitative estimate of drug-likeness (QED) is 0.229. The molecule has 0 radical (unpaired) electrons. The highest BCUT2D eigenvalue weighted by Crippen LogP contribution is 2.37. The number of likely N-dealkylation sites (tertiary alicyclic amines) is 1. The van der Waals surface area contributed by atoms with E-state index in [0.29, 0.717) is 57.3 Å². The van der Waals surface area contributed by atoms with Gasteiger partial charge in [0.1, 0.15) is 22.4 Å². The molecule has 0 spiro atoms. The molecule has 4 aromatic rings. The first-order valence-electron chi connectivity index (χ1n) is 19.0. The minimum atomic E-state index is -4.52. The number of rotatable bonds is 9. The molecule has 2 aromatic heterocycles. The van der Waals surface area contributed by atoms with E-state index in [0.717, 1.165) is 72.9 Å². The van der Waals surface area contributed by atoms with Crippen LogP contribution in [0.4, 0.5) is 35.5 Å². The standard InChI is InChI=1S/C38H45F3N10O3S/c1-47-32-22-27(7-8-30(32)34(46-47)51-20-13-33(52)44-37(51)53)26-9-16-48(17-10-26)24-25-5-4-6-29(21-25)55(54)50-18-11-28(12-19-50)43-36-42-23-31(38(39,40)41)35(45-36)49-14-2-3-15-49/h4-8,21-23,26,28H,2-3,9-20,24H2,1H3,(H,42,43,45)(H,44,52,53). The predicted molar refractivity (Wildman–Crippen MR) is 203 cm³/mol. The molecule has 6 heterocycles. The number of aryl methyl sites for hydroxylation is 1. The molecule has 1 atom stereocenters. The summed E-state index contributed by atoms with van der Waals surface area (Å²) < 4.78 is 58.5. The lowest BCUT2D eigenvalue weighted by Crippen LogP contribution is -2.49. The molecule has 3 amide bonds. The fourth-order valence-electron chi connectivity index (χ4n) is 8.22. The Bertz CT molecular complexity index is 2090. The Kier molecular flexibility index (Phi) is 10.5. The minimum absolute atomic E-state index is 0.0370. The summed E-state index contributed by atoms with van der Waals surface area (Å²) in [4.78, 5) is 38.9. The summed E-state index contributed by atoms with van der Waals surface area (Å²) in [5, 5.41) is 11.1. The van der Waals surface area contributed by atoms with Gasteiger partial charge in [0.2, 0.25) is 11.9 Å². The molecular weight excluding hydrogens is 734 g/mol. The third-order valence-corrected chi connectivity index (χ3v) is 12.7. The number of nitrogens with zero attached hydrogens (tertiary/aromatic N) is 8. The molecule has 0 aliphatic carbocycles. The number of amides is 3.